The van der Waals surface area contributed by atoms with Gasteiger partial charge in [0.15, 0.2) is 0 Å². The second-order valence-electron chi connectivity index (χ2n) is 14.2. The van der Waals surface area contributed by atoms with Gasteiger partial charge in [-0.15, -0.1) is 0 Å². The fraction of sp³-hybridized carbons (Fsp3) is 0.120. The lowest BCUT2D eigenvalue weighted by molar-refractivity contribution is 0.663. The van der Waals surface area contributed by atoms with Gasteiger partial charge in [0.1, 0.15) is 0 Å². The minimum absolute atomic E-state index is 0.324. The SMILES string of the molecule is C1=CC2C=CC(c3ccc(C4C=CC(c5c6ccccc6c(-c6cccc7c6CCC=C7)c6ccccc56)=CC4)c4ccccc34)=CC2C=C1. The minimum atomic E-state index is 0.324. The topological polar surface area (TPSA) is 0 Å². The lowest BCUT2D eigenvalue weighted by Crippen LogP contribution is -2.11. The van der Waals surface area contributed by atoms with Crippen LogP contribution in [0.15, 0.2) is 170 Å². The van der Waals surface area contributed by atoms with Crippen LogP contribution < -0.4 is 0 Å². The lowest BCUT2D eigenvalue weighted by Gasteiger charge is -2.25. The largest absolute Gasteiger partial charge is 0.0836 e. The van der Waals surface area contributed by atoms with E-state index in [1.165, 1.54) is 82.4 Å². The Morgan fingerprint density at radius 2 is 1.16 bits per heavy atom. The molecule has 6 aromatic carbocycles. The van der Waals surface area contributed by atoms with Crippen molar-refractivity contribution in [2.75, 3.05) is 0 Å². The second kappa shape index (κ2) is 12.0. The second-order valence-corrected chi connectivity index (χ2v) is 14.2. The summed E-state index contributed by atoms with van der Waals surface area (Å²) in [6, 6.07) is 38.7. The summed E-state index contributed by atoms with van der Waals surface area (Å²) < 4.78 is 0. The molecule has 3 atom stereocenters. The molecular weight excluding hydrogens is 601 g/mol. The van der Waals surface area contributed by atoms with E-state index in [1.807, 2.05) is 0 Å². The summed E-state index contributed by atoms with van der Waals surface area (Å²) in [7, 11) is 0. The highest BCUT2D eigenvalue weighted by Gasteiger charge is 2.24. The van der Waals surface area contributed by atoms with Crippen LogP contribution in [0.1, 0.15) is 46.6 Å². The Labute approximate surface area is 294 Å². The molecule has 10 rings (SSSR count). The van der Waals surface area contributed by atoms with Gasteiger partial charge in [-0.2, -0.15) is 0 Å². The molecule has 0 heterocycles. The summed E-state index contributed by atoms with van der Waals surface area (Å²) in [6.45, 7) is 0. The molecule has 0 nitrogen and oxygen atoms in total. The third-order valence-electron chi connectivity index (χ3n) is 11.4. The first kappa shape index (κ1) is 29.2. The van der Waals surface area contributed by atoms with Crippen molar-refractivity contribution in [1.29, 1.82) is 0 Å². The van der Waals surface area contributed by atoms with Crippen LogP contribution in [0.25, 0.3) is 60.7 Å². The normalized spacial score (nSPS) is 20.6. The van der Waals surface area contributed by atoms with Crippen LogP contribution in [0.3, 0.4) is 0 Å². The van der Waals surface area contributed by atoms with E-state index >= 15 is 0 Å². The Morgan fingerprint density at radius 1 is 0.480 bits per heavy atom. The molecule has 0 aliphatic heterocycles. The highest BCUT2D eigenvalue weighted by Crippen LogP contribution is 2.46. The van der Waals surface area contributed by atoms with E-state index < -0.39 is 0 Å². The predicted molar refractivity (Wildman–Crippen MR) is 215 cm³/mol. The van der Waals surface area contributed by atoms with Gasteiger partial charge in [0.25, 0.3) is 0 Å². The van der Waals surface area contributed by atoms with Crippen LogP contribution in [0, 0.1) is 11.8 Å². The molecule has 0 amide bonds. The third-order valence-corrected chi connectivity index (χ3v) is 11.4. The Morgan fingerprint density at radius 3 is 1.90 bits per heavy atom. The van der Waals surface area contributed by atoms with Gasteiger partial charge in [-0.1, -0.05) is 176 Å². The molecule has 238 valence electrons. The van der Waals surface area contributed by atoms with Gasteiger partial charge in [-0.3, -0.25) is 0 Å². The summed E-state index contributed by atoms with van der Waals surface area (Å²) in [5.74, 6) is 1.22. The van der Waals surface area contributed by atoms with Gasteiger partial charge in [0, 0.05) is 17.8 Å². The van der Waals surface area contributed by atoms with Gasteiger partial charge < -0.3 is 0 Å². The average Bonchev–Trinajstić information content (AvgIpc) is 3.19. The summed E-state index contributed by atoms with van der Waals surface area (Å²) in [4.78, 5) is 0. The van der Waals surface area contributed by atoms with Crippen LogP contribution in [-0.2, 0) is 6.42 Å². The highest BCUT2D eigenvalue weighted by atomic mass is 14.3. The molecule has 0 fully saturated rings. The lowest BCUT2D eigenvalue weighted by atomic mass is 9.79. The zero-order valence-electron chi connectivity index (χ0n) is 28.1. The van der Waals surface area contributed by atoms with Crippen LogP contribution in [0.4, 0.5) is 0 Å². The Kier molecular flexibility index (Phi) is 7.01. The Balaban J connectivity index is 1.06. The molecule has 0 saturated carbocycles. The fourth-order valence-corrected chi connectivity index (χ4v) is 9.03. The van der Waals surface area contributed by atoms with Crippen molar-refractivity contribution in [3.63, 3.8) is 0 Å². The molecule has 0 radical (unpaired) electrons. The first-order valence-corrected chi connectivity index (χ1v) is 18.2. The van der Waals surface area contributed by atoms with E-state index in [1.54, 1.807) is 0 Å². The van der Waals surface area contributed by atoms with Crippen molar-refractivity contribution in [2.45, 2.75) is 25.2 Å². The van der Waals surface area contributed by atoms with E-state index in [0.717, 1.165) is 19.3 Å². The molecular formula is C50H38. The van der Waals surface area contributed by atoms with Gasteiger partial charge in [-0.25, -0.2) is 0 Å². The predicted octanol–water partition coefficient (Wildman–Crippen LogP) is 13.2. The molecule has 6 aromatic rings. The van der Waals surface area contributed by atoms with E-state index in [0.29, 0.717) is 17.8 Å². The molecule has 0 N–H and O–H groups in total. The quantitative estimate of drug-likeness (QED) is 0.169. The van der Waals surface area contributed by atoms with Gasteiger partial charge >= 0.3 is 0 Å². The van der Waals surface area contributed by atoms with Gasteiger partial charge in [-0.05, 0) is 102 Å². The smallest absolute Gasteiger partial charge is 0.00622 e. The van der Waals surface area contributed by atoms with E-state index in [2.05, 4.69) is 176 Å². The molecule has 0 bridgehead atoms. The number of allylic oxidation sites excluding steroid dienone is 13. The minimum Gasteiger partial charge on any atom is -0.0836 e. The highest BCUT2D eigenvalue weighted by molar-refractivity contribution is 6.20. The number of hydrogen-bond acceptors (Lipinski definition) is 0. The number of hydrogen-bond donors (Lipinski definition) is 0. The molecule has 3 unspecified atom stereocenters. The van der Waals surface area contributed by atoms with Gasteiger partial charge in [0.05, 0.1) is 0 Å². The average molecular weight is 639 g/mol. The fourth-order valence-electron chi connectivity index (χ4n) is 9.03. The van der Waals surface area contributed by atoms with Crippen molar-refractivity contribution in [3.8, 4) is 11.1 Å². The van der Waals surface area contributed by atoms with Crippen molar-refractivity contribution in [2.24, 2.45) is 11.8 Å². The van der Waals surface area contributed by atoms with Crippen molar-refractivity contribution < 1.29 is 0 Å². The maximum atomic E-state index is 2.49. The van der Waals surface area contributed by atoms with E-state index in [-0.39, 0.29) is 0 Å². The monoisotopic (exact) mass is 638 g/mol. The molecule has 0 saturated heterocycles. The van der Waals surface area contributed by atoms with Crippen LogP contribution >= 0.6 is 0 Å². The summed E-state index contributed by atoms with van der Waals surface area (Å²) >= 11 is 0. The standard InChI is InChI=1S/C50H38/c1-2-14-37-32-38(29-24-33(37)12-1)41-31-30-40(42-17-5-6-18-43(41)42)35-25-27-36(28-26-35)49-45-19-7-9-21-47(45)50(48-22-10-8-20-46(48)49)44-23-11-15-34-13-3-4-16-39(34)44/h1-3,5-15,17-25,27-33,35,37H,4,16,26H2. The summed E-state index contributed by atoms with van der Waals surface area (Å²) in [6.07, 6.45) is 31.2. The van der Waals surface area contributed by atoms with E-state index in [4.69, 9.17) is 0 Å². The number of benzene rings is 6. The number of rotatable bonds is 4. The Bertz CT molecular complexity index is 2520. The van der Waals surface area contributed by atoms with E-state index in [9.17, 15) is 0 Å². The van der Waals surface area contributed by atoms with Crippen molar-refractivity contribution in [1.82, 2.24) is 0 Å². The first-order chi connectivity index (χ1) is 24.8. The first-order valence-electron chi connectivity index (χ1n) is 18.2. The molecule has 0 spiro atoms. The zero-order valence-corrected chi connectivity index (χ0v) is 28.1. The molecule has 0 heteroatoms. The summed E-state index contributed by atoms with van der Waals surface area (Å²) in [5.41, 5.74) is 12.3. The number of fused-ring (bicyclic) bond motifs is 5. The maximum Gasteiger partial charge on any atom is 0.00622 e. The van der Waals surface area contributed by atoms with Crippen LogP contribution in [0.5, 0.6) is 0 Å². The molecule has 4 aliphatic carbocycles. The third kappa shape index (κ3) is 4.74. The van der Waals surface area contributed by atoms with Crippen molar-refractivity contribution in [3.05, 3.63) is 198 Å². The maximum absolute atomic E-state index is 2.49. The summed E-state index contributed by atoms with van der Waals surface area (Å²) in [5, 5.41) is 8.01. The zero-order chi connectivity index (χ0) is 33.0. The molecule has 50 heavy (non-hydrogen) atoms. The van der Waals surface area contributed by atoms with Crippen LogP contribution in [-0.4, -0.2) is 0 Å². The molecule has 4 aliphatic rings. The van der Waals surface area contributed by atoms with Crippen molar-refractivity contribution >= 4 is 49.5 Å². The Hall–Kier alpha value is -5.72. The van der Waals surface area contributed by atoms with Gasteiger partial charge in [0.2, 0.25) is 0 Å². The molecule has 0 aromatic heterocycles. The van der Waals surface area contributed by atoms with Crippen LogP contribution in [0.2, 0.25) is 0 Å².